The third-order valence-electron chi connectivity index (χ3n) is 2.76. The summed E-state index contributed by atoms with van der Waals surface area (Å²) in [5, 5.41) is 1.91. The first-order chi connectivity index (χ1) is 9.25. The summed E-state index contributed by atoms with van der Waals surface area (Å²) in [5.41, 5.74) is 6.68. The van der Waals surface area contributed by atoms with Crippen molar-refractivity contribution in [1.29, 1.82) is 0 Å². The Labute approximate surface area is 118 Å². The van der Waals surface area contributed by atoms with Crippen LogP contribution in [0.3, 0.4) is 0 Å². The SMILES string of the molecule is Nc1ccc(Oc2ncncc2Br)c2ccccc12. The van der Waals surface area contributed by atoms with Crippen LogP contribution < -0.4 is 10.5 Å². The molecule has 0 saturated carbocycles. The minimum atomic E-state index is 0.477. The Kier molecular flexibility index (Phi) is 3.05. The first-order valence-corrected chi connectivity index (χ1v) is 6.45. The van der Waals surface area contributed by atoms with Crippen molar-refractivity contribution in [1.82, 2.24) is 9.97 Å². The van der Waals surface area contributed by atoms with Crippen molar-refractivity contribution in [2.24, 2.45) is 0 Å². The van der Waals surface area contributed by atoms with Crippen molar-refractivity contribution < 1.29 is 4.74 Å². The van der Waals surface area contributed by atoms with Crippen LogP contribution in [0.15, 0.2) is 53.4 Å². The molecule has 0 bridgehead atoms. The highest BCUT2D eigenvalue weighted by Crippen LogP contribution is 2.34. The zero-order valence-electron chi connectivity index (χ0n) is 9.88. The molecule has 19 heavy (non-hydrogen) atoms. The maximum atomic E-state index is 5.96. The van der Waals surface area contributed by atoms with E-state index in [1.54, 1.807) is 6.20 Å². The maximum absolute atomic E-state index is 5.96. The van der Waals surface area contributed by atoms with Gasteiger partial charge in [-0.15, -0.1) is 0 Å². The van der Waals surface area contributed by atoms with Gasteiger partial charge in [0.1, 0.15) is 12.1 Å². The lowest BCUT2D eigenvalue weighted by Gasteiger charge is -2.10. The molecule has 0 aliphatic rings. The summed E-state index contributed by atoms with van der Waals surface area (Å²) in [5.74, 6) is 1.19. The van der Waals surface area contributed by atoms with Crippen LogP contribution in [-0.4, -0.2) is 9.97 Å². The number of rotatable bonds is 2. The minimum absolute atomic E-state index is 0.477. The van der Waals surface area contributed by atoms with Gasteiger partial charge in [-0.05, 0) is 28.1 Å². The number of nitrogens with two attached hydrogens (primary N) is 1. The molecule has 1 aromatic heterocycles. The molecule has 0 aliphatic carbocycles. The van der Waals surface area contributed by atoms with Crippen LogP contribution in [0.25, 0.3) is 10.8 Å². The Hall–Kier alpha value is -2.14. The Morgan fingerprint density at radius 2 is 1.84 bits per heavy atom. The molecule has 0 unspecified atom stereocenters. The van der Waals surface area contributed by atoms with E-state index >= 15 is 0 Å². The van der Waals surface area contributed by atoms with E-state index in [4.69, 9.17) is 10.5 Å². The fourth-order valence-corrected chi connectivity index (χ4v) is 2.17. The van der Waals surface area contributed by atoms with Gasteiger partial charge in [-0.2, -0.15) is 0 Å². The van der Waals surface area contributed by atoms with Crippen molar-refractivity contribution in [3.8, 4) is 11.6 Å². The van der Waals surface area contributed by atoms with Crippen molar-refractivity contribution in [3.63, 3.8) is 0 Å². The van der Waals surface area contributed by atoms with Gasteiger partial charge >= 0.3 is 0 Å². The van der Waals surface area contributed by atoms with E-state index in [1.165, 1.54) is 6.33 Å². The lowest BCUT2D eigenvalue weighted by atomic mass is 10.1. The van der Waals surface area contributed by atoms with Gasteiger partial charge in [0, 0.05) is 22.7 Å². The summed E-state index contributed by atoms with van der Waals surface area (Å²) >= 11 is 3.36. The molecule has 0 radical (unpaired) electrons. The number of halogens is 1. The number of ether oxygens (including phenoxy) is 1. The van der Waals surface area contributed by atoms with Gasteiger partial charge in [0.05, 0.1) is 4.47 Å². The first kappa shape index (κ1) is 11.9. The standard InChI is InChI=1S/C14H10BrN3O/c15-11-7-17-8-18-14(11)19-13-6-5-12(16)9-3-1-2-4-10(9)13/h1-8H,16H2. The third-order valence-corrected chi connectivity index (χ3v) is 3.30. The molecule has 0 aliphatic heterocycles. The quantitative estimate of drug-likeness (QED) is 0.731. The summed E-state index contributed by atoms with van der Waals surface area (Å²) in [6, 6.07) is 11.5. The zero-order chi connectivity index (χ0) is 13.2. The van der Waals surface area contributed by atoms with E-state index in [2.05, 4.69) is 25.9 Å². The molecule has 0 fully saturated rings. The maximum Gasteiger partial charge on any atom is 0.236 e. The molecule has 5 heteroatoms. The zero-order valence-corrected chi connectivity index (χ0v) is 11.5. The molecule has 3 aromatic rings. The highest BCUT2D eigenvalue weighted by atomic mass is 79.9. The van der Waals surface area contributed by atoms with Crippen LogP contribution in [0.1, 0.15) is 0 Å². The van der Waals surface area contributed by atoms with Crippen molar-refractivity contribution >= 4 is 32.4 Å². The van der Waals surface area contributed by atoms with Crippen molar-refractivity contribution in [2.75, 3.05) is 5.73 Å². The molecule has 2 aromatic carbocycles. The Morgan fingerprint density at radius 1 is 1.05 bits per heavy atom. The van der Waals surface area contributed by atoms with Crippen molar-refractivity contribution in [2.45, 2.75) is 0 Å². The Morgan fingerprint density at radius 3 is 2.63 bits per heavy atom. The molecule has 2 N–H and O–H groups in total. The molecule has 0 amide bonds. The molecular weight excluding hydrogens is 306 g/mol. The Bertz CT molecular complexity index is 746. The highest BCUT2D eigenvalue weighted by Gasteiger charge is 2.08. The monoisotopic (exact) mass is 315 g/mol. The predicted octanol–water partition coefficient (Wildman–Crippen LogP) is 3.77. The van der Waals surface area contributed by atoms with E-state index < -0.39 is 0 Å². The predicted molar refractivity (Wildman–Crippen MR) is 78.2 cm³/mol. The average Bonchev–Trinajstić information content (AvgIpc) is 2.44. The molecule has 1 heterocycles. The van der Waals surface area contributed by atoms with Gasteiger partial charge in [0.2, 0.25) is 5.88 Å². The third kappa shape index (κ3) is 2.24. The molecule has 94 valence electrons. The molecule has 4 nitrogen and oxygen atoms in total. The van der Waals surface area contributed by atoms with Crippen molar-refractivity contribution in [3.05, 3.63) is 53.4 Å². The number of aromatic nitrogens is 2. The number of fused-ring (bicyclic) bond motifs is 1. The highest BCUT2D eigenvalue weighted by molar-refractivity contribution is 9.10. The van der Waals surface area contributed by atoms with E-state index in [1.807, 2.05) is 36.4 Å². The van der Waals surface area contributed by atoms with Gasteiger partial charge in [0.25, 0.3) is 0 Å². The smallest absolute Gasteiger partial charge is 0.236 e. The van der Waals surface area contributed by atoms with Crippen LogP contribution in [0.4, 0.5) is 5.69 Å². The Balaban J connectivity index is 2.12. The summed E-state index contributed by atoms with van der Waals surface area (Å²) < 4.78 is 6.53. The molecule has 0 saturated heterocycles. The van der Waals surface area contributed by atoms with Crippen LogP contribution in [0.2, 0.25) is 0 Å². The van der Waals surface area contributed by atoms with Gasteiger partial charge in [-0.3, -0.25) is 0 Å². The van der Waals surface area contributed by atoms with Gasteiger partial charge < -0.3 is 10.5 Å². The largest absolute Gasteiger partial charge is 0.437 e. The molecule has 0 spiro atoms. The number of nitrogen functional groups attached to an aromatic ring is 1. The van der Waals surface area contributed by atoms with E-state index in [-0.39, 0.29) is 0 Å². The molecule has 0 atom stereocenters. The fraction of sp³-hybridized carbons (Fsp3) is 0. The minimum Gasteiger partial charge on any atom is -0.437 e. The summed E-state index contributed by atoms with van der Waals surface area (Å²) in [6.07, 6.45) is 3.08. The number of benzene rings is 2. The number of hydrogen-bond acceptors (Lipinski definition) is 4. The van der Waals surface area contributed by atoms with E-state index in [0.717, 1.165) is 16.5 Å². The van der Waals surface area contributed by atoms with E-state index in [0.29, 0.717) is 16.1 Å². The van der Waals surface area contributed by atoms with Crippen LogP contribution in [0, 0.1) is 0 Å². The summed E-state index contributed by atoms with van der Waals surface area (Å²) in [6.45, 7) is 0. The fourth-order valence-electron chi connectivity index (χ4n) is 1.86. The normalized spacial score (nSPS) is 10.6. The lowest BCUT2D eigenvalue weighted by Crippen LogP contribution is -1.93. The second kappa shape index (κ2) is 4.85. The van der Waals surface area contributed by atoms with Gasteiger partial charge in [-0.1, -0.05) is 24.3 Å². The van der Waals surface area contributed by atoms with Crippen LogP contribution in [-0.2, 0) is 0 Å². The topological polar surface area (TPSA) is 61.0 Å². The average molecular weight is 316 g/mol. The first-order valence-electron chi connectivity index (χ1n) is 5.66. The number of nitrogens with zero attached hydrogens (tertiary/aromatic N) is 2. The van der Waals surface area contributed by atoms with Gasteiger partial charge in [0.15, 0.2) is 0 Å². The van der Waals surface area contributed by atoms with Crippen LogP contribution >= 0.6 is 15.9 Å². The van der Waals surface area contributed by atoms with Gasteiger partial charge in [-0.25, -0.2) is 9.97 Å². The molecule has 3 rings (SSSR count). The van der Waals surface area contributed by atoms with E-state index in [9.17, 15) is 0 Å². The molecular formula is C14H10BrN3O. The second-order valence-electron chi connectivity index (χ2n) is 3.98. The summed E-state index contributed by atoms with van der Waals surface area (Å²) in [4.78, 5) is 8.00. The number of hydrogen-bond donors (Lipinski definition) is 1. The lowest BCUT2D eigenvalue weighted by molar-refractivity contribution is 0.463. The van der Waals surface area contributed by atoms with Crippen LogP contribution in [0.5, 0.6) is 11.6 Å². The summed E-state index contributed by atoms with van der Waals surface area (Å²) in [7, 11) is 0. The number of anilines is 1. The second-order valence-corrected chi connectivity index (χ2v) is 4.83.